The predicted molar refractivity (Wildman–Crippen MR) is 138 cm³/mol. The number of carbonyl (C=O) groups excluding carboxylic acids is 2. The first-order valence-corrected chi connectivity index (χ1v) is 14.1. The van der Waals surface area contributed by atoms with E-state index in [9.17, 15) is 24.9 Å². The molecule has 2 heterocycles. The molecule has 0 saturated carbocycles. The van der Waals surface area contributed by atoms with Gasteiger partial charge in [0.05, 0.1) is 6.10 Å². The number of nitrogens with one attached hydrogen (secondary N) is 1. The van der Waals surface area contributed by atoms with E-state index < -0.39 is 42.0 Å². The number of aliphatic hydroxyl groups is 3. The normalized spacial score (nSPS) is 31.5. The second kappa shape index (κ2) is 13.6. The number of piperidine rings is 1. The van der Waals surface area contributed by atoms with Gasteiger partial charge in [-0.25, -0.2) is 4.79 Å². The van der Waals surface area contributed by atoms with Crippen LogP contribution in [0.4, 0.5) is 4.79 Å². The summed E-state index contributed by atoms with van der Waals surface area (Å²) in [6.45, 7) is 4.82. The SMILES string of the molecule is CCCC1CCN(C(=O)Oc2ccccc2)C(C(=O)NCC(C)CC2OC(SC)C(O)C(O)C2O)C1. The highest BCUT2D eigenvalue weighted by Gasteiger charge is 2.43. The van der Waals surface area contributed by atoms with E-state index in [2.05, 4.69) is 12.2 Å². The Morgan fingerprint density at radius 3 is 2.58 bits per heavy atom. The Bertz CT molecular complexity index is 843. The lowest BCUT2D eigenvalue weighted by atomic mass is 9.87. The van der Waals surface area contributed by atoms with Gasteiger partial charge in [-0.1, -0.05) is 44.9 Å². The number of hydrogen-bond acceptors (Lipinski definition) is 8. The number of carbonyl (C=O) groups is 2. The van der Waals surface area contributed by atoms with Crippen LogP contribution in [0.3, 0.4) is 0 Å². The number of nitrogens with zero attached hydrogens (tertiary/aromatic N) is 1. The van der Waals surface area contributed by atoms with Crippen LogP contribution in [0, 0.1) is 11.8 Å². The first-order chi connectivity index (χ1) is 17.2. The molecule has 8 unspecified atom stereocenters. The summed E-state index contributed by atoms with van der Waals surface area (Å²) < 4.78 is 11.3. The molecule has 2 saturated heterocycles. The molecule has 0 aromatic heterocycles. The predicted octanol–water partition coefficient (Wildman–Crippen LogP) is 2.38. The summed E-state index contributed by atoms with van der Waals surface area (Å²) in [6.07, 6.45) is 0.756. The average molecular weight is 525 g/mol. The Morgan fingerprint density at radius 2 is 1.92 bits per heavy atom. The third kappa shape index (κ3) is 7.35. The summed E-state index contributed by atoms with van der Waals surface area (Å²) in [5, 5.41) is 33.5. The molecule has 2 fully saturated rings. The zero-order valence-electron chi connectivity index (χ0n) is 21.3. The second-order valence-electron chi connectivity index (χ2n) is 9.91. The van der Waals surface area contributed by atoms with Crippen molar-refractivity contribution in [1.29, 1.82) is 0 Å². The van der Waals surface area contributed by atoms with E-state index in [0.717, 1.165) is 19.3 Å². The molecular weight excluding hydrogens is 484 g/mol. The van der Waals surface area contributed by atoms with Crippen LogP contribution in [0.5, 0.6) is 5.75 Å². The third-order valence-corrected chi connectivity index (χ3v) is 7.91. The number of para-hydroxylation sites is 1. The van der Waals surface area contributed by atoms with Crippen molar-refractivity contribution in [3.8, 4) is 5.75 Å². The lowest BCUT2D eigenvalue weighted by Crippen LogP contribution is -2.57. The molecule has 1 aromatic rings. The molecule has 1 aromatic carbocycles. The molecule has 36 heavy (non-hydrogen) atoms. The van der Waals surface area contributed by atoms with Crippen LogP contribution in [0.15, 0.2) is 30.3 Å². The Labute approximate surface area is 217 Å². The molecule has 0 aliphatic carbocycles. The number of aliphatic hydroxyl groups excluding tert-OH is 3. The minimum Gasteiger partial charge on any atom is -0.410 e. The van der Waals surface area contributed by atoms with E-state index in [0.29, 0.717) is 37.6 Å². The number of thioether (sulfide) groups is 1. The van der Waals surface area contributed by atoms with Crippen molar-refractivity contribution in [3.63, 3.8) is 0 Å². The molecule has 8 atom stereocenters. The summed E-state index contributed by atoms with van der Waals surface area (Å²) in [4.78, 5) is 27.7. The maximum atomic E-state index is 13.3. The summed E-state index contributed by atoms with van der Waals surface area (Å²) in [5.41, 5.74) is -0.628. The van der Waals surface area contributed by atoms with Crippen LogP contribution in [0.25, 0.3) is 0 Å². The summed E-state index contributed by atoms with van der Waals surface area (Å²) in [6, 6.07) is 8.21. The summed E-state index contributed by atoms with van der Waals surface area (Å²) >= 11 is 1.27. The number of hydrogen-bond donors (Lipinski definition) is 4. The van der Waals surface area contributed by atoms with Crippen molar-refractivity contribution in [2.24, 2.45) is 11.8 Å². The van der Waals surface area contributed by atoms with Gasteiger partial charge >= 0.3 is 6.09 Å². The number of ether oxygens (including phenoxy) is 2. The minimum atomic E-state index is -1.29. The van der Waals surface area contributed by atoms with Gasteiger partial charge in [0.15, 0.2) is 0 Å². The van der Waals surface area contributed by atoms with Gasteiger partial charge in [0.2, 0.25) is 5.91 Å². The first kappa shape index (κ1) is 28.7. The first-order valence-electron chi connectivity index (χ1n) is 12.8. The molecule has 9 nitrogen and oxygen atoms in total. The smallest absolute Gasteiger partial charge is 0.410 e. The highest BCUT2D eigenvalue weighted by Crippen LogP contribution is 2.30. The minimum absolute atomic E-state index is 0.0710. The topological polar surface area (TPSA) is 129 Å². The van der Waals surface area contributed by atoms with Gasteiger partial charge in [-0.2, -0.15) is 0 Å². The van der Waals surface area contributed by atoms with Crippen LogP contribution in [0.2, 0.25) is 0 Å². The van der Waals surface area contributed by atoms with Gasteiger partial charge in [0, 0.05) is 13.1 Å². The van der Waals surface area contributed by atoms with E-state index in [1.165, 1.54) is 16.7 Å². The molecular formula is C26H40N2O7S. The van der Waals surface area contributed by atoms with Gasteiger partial charge < -0.3 is 30.1 Å². The van der Waals surface area contributed by atoms with Gasteiger partial charge in [0.25, 0.3) is 0 Å². The highest BCUT2D eigenvalue weighted by atomic mass is 32.2. The maximum absolute atomic E-state index is 13.3. The van der Waals surface area contributed by atoms with Gasteiger partial charge in [-0.15, -0.1) is 11.8 Å². The lowest BCUT2D eigenvalue weighted by Gasteiger charge is -2.41. The van der Waals surface area contributed by atoms with E-state index in [1.807, 2.05) is 13.0 Å². The van der Waals surface area contributed by atoms with Crippen molar-refractivity contribution < 1.29 is 34.4 Å². The Kier molecular flexibility index (Phi) is 10.9. The van der Waals surface area contributed by atoms with E-state index in [1.54, 1.807) is 30.5 Å². The zero-order chi connectivity index (χ0) is 26.2. The van der Waals surface area contributed by atoms with Crippen molar-refractivity contribution in [3.05, 3.63) is 30.3 Å². The van der Waals surface area contributed by atoms with Crippen molar-refractivity contribution in [1.82, 2.24) is 10.2 Å². The lowest BCUT2D eigenvalue weighted by molar-refractivity contribution is -0.201. The monoisotopic (exact) mass is 524 g/mol. The van der Waals surface area contributed by atoms with Crippen LogP contribution in [0.1, 0.15) is 46.0 Å². The van der Waals surface area contributed by atoms with Crippen molar-refractivity contribution in [2.75, 3.05) is 19.3 Å². The fourth-order valence-electron chi connectivity index (χ4n) is 5.00. The maximum Gasteiger partial charge on any atom is 0.415 e. The third-order valence-electron chi connectivity index (χ3n) is 7.05. The largest absolute Gasteiger partial charge is 0.415 e. The highest BCUT2D eigenvalue weighted by molar-refractivity contribution is 7.99. The standard InChI is InChI=1S/C26H40N2O7S/c1-4-8-17-11-12-28(26(33)34-18-9-6-5-7-10-18)19(14-17)24(32)27-15-16(2)13-20-21(29)22(30)23(31)25(35-20)36-3/h5-7,9-10,16-17,19-23,25,29-31H,4,8,11-15H2,1-3H3,(H,27,32). The quantitative estimate of drug-likeness (QED) is 0.388. The number of benzene rings is 1. The van der Waals surface area contributed by atoms with Crippen LogP contribution >= 0.6 is 11.8 Å². The van der Waals surface area contributed by atoms with Crippen molar-refractivity contribution >= 4 is 23.8 Å². The molecule has 2 aliphatic heterocycles. The summed E-state index contributed by atoms with van der Waals surface area (Å²) in [7, 11) is 0. The van der Waals surface area contributed by atoms with Gasteiger partial charge in [-0.05, 0) is 49.5 Å². The van der Waals surface area contributed by atoms with Crippen LogP contribution in [-0.4, -0.2) is 87.5 Å². The fourth-order valence-corrected chi connectivity index (χ4v) is 5.70. The molecule has 3 rings (SSSR count). The molecule has 202 valence electrons. The molecule has 0 radical (unpaired) electrons. The van der Waals surface area contributed by atoms with Gasteiger partial charge in [-0.3, -0.25) is 9.69 Å². The molecule has 10 heteroatoms. The van der Waals surface area contributed by atoms with Crippen molar-refractivity contribution in [2.45, 2.75) is 81.8 Å². The van der Waals surface area contributed by atoms with Crippen LogP contribution in [-0.2, 0) is 9.53 Å². The number of rotatable bonds is 9. The molecule has 0 spiro atoms. The molecule has 2 amide bonds. The summed E-state index contributed by atoms with van der Waals surface area (Å²) in [5.74, 6) is 0.507. The second-order valence-corrected chi connectivity index (χ2v) is 10.8. The van der Waals surface area contributed by atoms with Crippen LogP contribution < -0.4 is 10.1 Å². The number of amides is 2. The van der Waals surface area contributed by atoms with E-state index >= 15 is 0 Å². The fraction of sp³-hybridized carbons (Fsp3) is 0.692. The Balaban J connectivity index is 1.59. The zero-order valence-corrected chi connectivity index (χ0v) is 22.1. The van der Waals surface area contributed by atoms with Gasteiger partial charge in [0.1, 0.15) is 35.5 Å². The molecule has 0 bridgehead atoms. The number of likely N-dealkylation sites (tertiary alicyclic amines) is 1. The molecule has 2 aliphatic rings. The molecule has 4 N–H and O–H groups in total. The Morgan fingerprint density at radius 1 is 1.19 bits per heavy atom. The van der Waals surface area contributed by atoms with E-state index in [4.69, 9.17) is 9.47 Å². The average Bonchev–Trinajstić information content (AvgIpc) is 2.88. The Hall–Kier alpha value is -1.85. The van der Waals surface area contributed by atoms with E-state index in [-0.39, 0.29) is 11.8 Å².